The van der Waals surface area contributed by atoms with Gasteiger partial charge in [-0.3, -0.25) is 0 Å². The predicted octanol–water partition coefficient (Wildman–Crippen LogP) is 2.54. The van der Waals surface area contributed by atoms with Crippen molar-refractivity contribution in [3.05, 3.63) is 47.7 Å². The summed E-state index contributed by atoms with van der Waals surface area (Å²) in [6, 6.07) is 12.1. The summed E-state index contributed by atoms with van der Waals surface area (Å²) in [5, 5.41) is 3.24. The molecule has 1 aromatic heterocycles. The SMILES string of the molecule is Cc1cc(N)nc(N[C@H](C)c2ccccc2)n1. The van der Waals surface area contributed by atoms with Crippen molar-refractivity contribution in [2.24, 2.45) is 0 Å². The van der Waals surface area contributed by atoms with Crippen LogP contribution in [0, 0.1) is 6.92 Å². The maximum atomic E-state index is 5.68. The number of hydrogen-bond acceptors (Lipinski definition) is 4. The van der Waals surface area contributed by atoms with Crippen LogP contribution < -0.4 is 11.1 Å². The zero-order chi connectivity index (χ0) is 12.3. The minimum atomic E-state index is 0.150. The average Bonchev–Trinajstić information content (AvgIpc) is 2.28. The topological polar surface area (TPSA) is 63.8 Å². The molecule has 2 aromatic rings. The molecule has 0 radical (unpaired) electrons. The molecule has 4 heteroatoms. The van der Waals surface area contributed by atoms with Crippen molar-refractivity contribution in [3.63, 3.8) is 0 Å². The van der Waals surface area contributed by atoms with Gasteiger partial charge in [0.1, 0.15) is 5.82 Å². The van der Waals surface area contributed by atoms with Gasteiger partial charge in [-0.05, 0) is 19.4 Å². The van der Waals surface area contributed by atoms with Crippen LogP contribution in [0.1, 0.15) is 24.2 Å². The first-order valence-corrected chi connectivity index (χ1v) is 5.58. The lowest BCUT2D eigenvalue weighted by Crippen LogP contribution is -2.10. The monoisotopic (exact) mass is 228 g/mol. The van der Waals surface area contributed by atoms with Gasteiger partial charge in [-0.1, -0.05) is 30.3 Å². The lowest BCUT2D eigenvalue weighted by atomic mass is 10.1. The van der Waals surface area contributed by atoms with Gasteiger partial charge in [0, 0.05) is 11.8 Å². The Labute approximate surface area is 101 Å². The fraction of sp³-hybridized carbons (Fsp3) is 0.231. The van der Waals surface area contributed by atoms with Gasteiger partial charge in [0.25, 0.3) is 0 Å². The molecule has 88 valence electrons. The molecule has 0 saturated heterocycles. The van der Waals surface area contributed by atoms with Crippen molar-refractivity contribution < 1.29 is 0 Å². The summed E-state index contributed by atoms with van der Waals surface area (Å²) in [5.41, 5.74) is 7.73. The smallest absolute Gasteiger partial charge is 0.225 e. The van der Waals surface area contributed by atoms with E-state index in [1.165, 1.54) is 5.56 Å². The number of nitrogen functional groups attached to an aromatic ring is 1. The second kappa shape index (κ2) is 4.82. The van der Waals surface area contributed by atoms with Crippen molar-refractivity contribution in [2.45, 2.75) is 19.9 Å². The van der Waals surface area contributed by atoms with Crippen LogP contribution in [0.3, 0.4) is 0 Å². The number of anilines is 2. The molecule has 3 N–H and O–H groups in total. The Bertz CT molecular complexity index is 476. The lowest BCUT2D eigenvalue weighted by Gasteiger charge is -2.14. The first-order chi connectivity index (χ1) is 8.15. The van der Waals surface area contributed by atoms with Crippen LogP contribution in [0.2, 0.25) is 0 Å². The van der Waals surface area contributed by atoms with Gasteiger partial charge in [-0.2, -0.15) is 4.98 Å². The van der Waals surface area contributed by atoms with Crippen molar-refractivity contribution >= 4 is 11.8 Å². The van der Waals surface area contributed by atoms with Crippen molar-refractivity contribution in [3.8, 4) is 0 Å². The van der Waals surface area contributed by atoms with E-state index in [1.54, 1.807) is 6.07 Å². The molecule has 0 aliphatic rings. The van der Waals surface area contributed by atoms with Crippen LogP contribution in [0.15, 0.2) is 36.4 Å². The summed E-state index contributed by atoms with van der Waals surface area (Å²) in [6.45, 7) is 3.97. The number of nitrogens with zero attached hydrogens (tertiary/aromatic N) is 2. The van der Waals surface area contributed by atoms with Crippen LogP contribution >= 0.6 is 0 Å². The molecule has 0 unspecified atom stereocenters. The van der Waals surface area contributed by atoms with E-state index in [1.807, 2.05) is 25.1 Å². The Morgan fingerprint density at radius 3 is 2.53 bits per heavy atom. The fourth-order valence-corrected chi connectivity index (χ4v) is 1.68. The maximum Gasteiger partial charge on any atom is 0.225 e. The van der Waals surface area contributed by atoms with E-state index in [-0.39, 0.29) is 6.04 Å². The normalized spacial score (nSPS) is 12.1. The second-order valence-electron chi connectivity index (χ2n) is 4.03. The Morgan fingerprint density at radius 1 is 1.18 bits per heavy atom. The maximum absolute atomic E-state index is 5.68. The molecule has 17 heavy (non-hydrogen) atoms. The van der Waals surface area contributed by atoms with E-state index in [0.29, 0.717) is 11.8 Å². The third kappa shape index (κ3) is 2.93. The quantitative estimate of drug-likeness (QED) is 0.847. The summed E-state index contributed by atoms with van der Waals surface area (Å²) in [7, 11) is 0. The zero-order valence-electron chi connectivity index (χ0n) is 10.0. The second-order valence-corrected chi connectivity index (χ2v) is 4.03. The molecule has 0 aliphatic heterocycles. The largest absolute Gasteiger partial charge is 0.384 e. The molecule has 0 fully saturated rings. The number of aryl methyl sites for hydroxylation is 1. The van der Waals surface area contributed by atoms with E-state index in [2.05, 4.69) is 34.3 Å². The fourth-order valence-electron chi connectivity index (χ4n) is 1.68. The van der Waals surface area contributed by atoms with E-state index in [0.717, 1.165) is 5.69 Å². The van der Waals surface area contributed by atoms with Gasteiger partial charge in [-0.25, -0.2) is 4.98 Å². The summed E-state index contributed by atoms with van der Waals surface area (Å²) >= 11 is 0. The third-order valence-corrected chi connectivity index (χ3v) is 2.52. The van der Waals surface area contributed by atoms with Crippen LogP contribution in [-0.4, -0.2) is 9.97 Å². The standard InChI is InChI=1S/C13H16N4/c1-9-8-12(14)17-13(15-9)16-10(2)11-6-4-3-5-7-11/h3-8,10H,1-2H3,(H3,14,15,16,17)/t10-/m1/s1. The number of rotatable bonds is 3. The predicted molar refractivity (Wildman–Crippen MR) is 69.7 cm³/mol. The summed E-state index contributed by atoms with van der Waals surface area (Å²) in [4.78, 5) is 8.45. The molecule has 1 atom stereocenters. The molecule has 0 bridgehead atoms. The minimum Gasteiger partial charge on any atom is -0.384 e. The number of nitrogens with two attached hydrogens (primary N) is 1. The van der Waals surface area contributed by atoms with Crippen molar-refractivity contribution in [2.75, 3.05) is 11.1 Å². The zero-order valence-corrected chi connectivity index (χ0v) is 10.0. The number of nitrogens with one attached hydrogen (secondary N) is 1. The molecular formula is C13H16N4. The highest BCUT2D eigenvalue weighted by atomic mass is 15.1. The van der Waals surface area contributed by atoms with Gasteiger partial charge in [0.05, 0.1) is 6.04 Å². The Hall–Kier alpha value is -2.10. The molecule has 2 rings (SSSR count). The highest BCUT2D eigenvalue weighted by molar-refractivity contribution is 5.40. The molecule has 0 aliphatic carbocycles. The summed E-state index contributed by atoms with van der Waals surface area (Å²) in [5.74, 6) is 1.05. The molecule has 1 aromatic carbocycles. The molecule has 0 spiro atoms. The van der Waals surface area contributed by atoms with E-state index >= 15 is 0 Å². The van der Waals surface area contributed by atoms with E-state index in [9.17, 15) is 0 Å². The lowest BCUT2D eigenvalue weighted by molar-refractivity contribution is 0.858. The first-order valence-electron chi connectivity index (χ1n) is 5.58. The van der Waals surface area contributed by atoms with Gasteiger partial charge in [-0.15, -0.1) is 0 Å². The minimum absolute atomic E-state index is 0.150. The van der Waals surface area contributed by atoms with E-state index < -0.39 is 0 Å². The molecular weight excluding hydrogens is 212 g/mol. The summed E-state index contributed by atoms with van der Waals surface area (Å²) in [6.07, 6.45) is 0. The highest BCUT2D eigenvalue weighted by Gasteiger charge is 2.07. The molecule has 1 heterocycles. The van der Waals surface area contributed by atoms with Crippen LogP contribution in [-0.2, 0) is 0 Å². The van der Waals surface area contributed by atoms with Crippen molar-refractivity contribution in [1.82, 2.24) is 9.97 Å². The van der Waals surface area contributed by atoms with Crippen LogP contribution in [0.5, 0.6) is 0 Å². The van der Waals surface area contributed by atoms with Crippen LogP contribution in [0.25, 0.3) is 0 Å². The Morgan fingerprint density at radius 2 is 1.88 bits per heavy atom. The number of hydrogen-bond donors (Lipinski definition) is 2. The van der Waals surface area contributed by atoms with Gasteiger partial charge in [0.2, 0.25) is 5.95 Å². The number of benzene rings is 1. The number of aromatic nitrogens is 2. The first kappa shape index (κ1) is 11.4. The molecule has 0 amide bonds. The highest BCUT2D eigenvalue weighted by Crippen LogP contribution is 2.17. The van der Waals surface area contributed by atoms with E-state index in [4.69, 9.17) is 5.73 Å². The van der Waals surface area contributed by atoms with Crippen molar-refractivity contribution in [1.29, 1.82) is 0 Å². The average molecular weight is 228 g/mol. The Balaban J connectivity index is 2.16. The van der Waals surface area contributed by atoms with Gasteiger partial charge in [0.15, 0.2) is 0 Å². The Kier molecular flexibility index (Phi) is 3.23. The summed E-state index contributed by atoms with van der Waals surface area (Å²) < 4.78 is 0. The van der Waals surface area contributed by atoms with Gasteiger partial charge < -0.3 is 11.1 Å². The molecule has 0 saturated carbocycles. The third-order valence-electron chi connectivity index (χ3n) is 2.52. The molecule has 4 nitrogen and oxygen atoms in total. The van der Waals surface area contributed by atoms with Gasteiger partial charge >= 0.3 is 0 Å². The van der Waals surface area contributed by atoms with Crippen LogP contribution in [0.4, 0.5) is 11.8 Å².